The second-order valence-corrected chi connectivity index (χ2v) is 4.72. The summed E-state index contributed by atoms with van der Waals surface area (Å²) in [5.41, 5.74) is 1.01. The maximum Gasteiger partial charge on any atom is 0.313 e. The minimum atomic E-state index is -0.810. The fraction of sp³-hybridized carbons (Fsp3) is 0.600. The maximum atomic E-state index is 10.7. The van der Waals surface area contributed by atoms with Gasteiger partial charge < -0.3 is 5.11 Å². The number of nitrogens with zero attached hydrogens (tertiary/aromatic N) is 1. The first-order chi connectivity index (χ1) is 6.50. The number of carboxylic acids is 1. The van der Waals surface area contributed by atoms with Crippen molar-refractivity contribution in [2.24, 2.45) is 5.92 Å². The van der Waals surface area contributed by atoms with Crippen LogP contribution in [0.4, 0.5) is 0 Å². The van der Waals surface area contributed by atoms with E-state index in [0.29, 0.717) is 10.9 Å². The second kappa shape index (κ2) is 4.55. The molecule has 1 atom stereocenters. The van der Waals surface area contributed by atoms with E-state index in [-0.39, 0.29) is 0 Å². The molecule has 0 amide bonds. The second-order valence-electron chi connectivity index (χ2n) is 3.83. The van der Waals surface area contributed by atoms with Gasteiger partial charge in [0.25, 0.3) is 0 Å². The number of carbonyl (C=O) groups is 1. The number of hydrogen-bond donors (Lipinski definition) is 1. The Bertz CT molecular complexity index is 320. The molecule has 0 bridgehead atoms. The summed E-state index contributed by atoms with van der Waals surface area (Å²) in [5, 5.41) is 11.4. The van der Waals surface area contributed by atoms with Gasteiger partial charge in [0.05, 0.1) is 5.69 Å². The van der Waals surface area contributed by atoms with Gasteiger partial charge in [-0.2, -0.15) is 0 Å². The van der Waals surface area contributed by atoms with Gasteiger partial charge in [0.15, 0.2) is 0 Å². The van der Waals surface area contributed by atoms with E-state index in [1.165, 1.54) is 11.3 Å². The molecule has 0 aromatic carbocycles. The molecule has 0 radical (unpaired) electrons. The lowest BCUT2D eigenvalue weighted by atomic mass is 10.1. The number of aromatic nitrogens is 1. The standard InChI is InChI=1S/C10H15NO2S/c1-6(2)4-8-5-14-9(11-8)7(3)10(12)13/h5-7H,4H2,1-3H3,(H,12,13). The Hall–Kier alpha value is -0.900. The first kappa shape index (κ1) is 11.2. The number of rotatable bonds is 4. The molecule has 1 N–H and O–H groups in total. The fourth-order valence-corrected chi connectivity index (χ4v) is 2.02. The van der Waals surface area contributed by atoms with E-state index >= 15 is 0 Å². The lowest BCUT2D eigenvalue weighted by Crippen LogP contribution is -2.07. The van der Waals surface area contributed by atoms with E-state index in [0.717, 1.165) is 12.1 Å². The highest BCUT2D eigenvalue weighted by atomic mass is 32.1. The summed E-state index contributed by atoms with van der Waals surface area (Å²) in [5.74, 6) is -0.735. The average molecular weight is 213 g/mol. The summed E-state index contributed by atoms with van der Waals surface area (Å²) in [7, 11) is 0. The third-order valence-electron chi connectivity index (χ3n) is 1.93. The number of thiazole rings is 1. The molecule has 0 saturated heterocycles. The van der Waals surface area contributed by atoms with Gasteiger partial charge in [-0.15, -0.1) is 11.3 Å². The van der Waals surface area contributed by atoms with Gasteiger partial charge in [0.2, 0.25) is 0 Å². The molecule has 0 aliphatic carbocycles. The van der Waals surface area contributed by atoms with Crippen LogP contribution in [0.1, 0.15) is 37.4 Å². The molecule has 3 nitrogen and oxygen atoms in total. The zero-order chi connectivity index (χ0) is 10.7. The van der Waals surface area contributed by atoms with E-state index in [9.17, 15) is 4.79 Å². The molecule has 78 valence electrons. The lowest BCUT2D eigenvalue weighted by molar-refractivity contribution is -0.138. The predicted octanol–water partition coefficient (Wildman–Crippen LogP) is 2.53. The molecule has 0 saturated carbocycles. The highest BCUT2D eigenvalue weighted by molar-refractivity contribution is 7.09. The molecule has 0 aliphatic heterocycles. The molecule has 4 heteroatoms. The van der Waals surface area contributed by atoms with Crippen molar-refractivity contribution >= 4 is 17.3 Å². The van der Waals surface area contributed by atoms with Gasteiger partial charge in [-0.3, -0.25) is 4.79 Å². The zero-order valence-corrected chi connectivity index (χ0v) is 9.47. The van der Waals surface area contributed by atoms with Crippen LogP contribution >= 0.6 is 11.3 Å². The quantitative estimate of drug-likeness (QED) is 0.836. The molecule has 0 spiro atoms. The van der Waals surface area contributed by atoms with Crippen molar-refractivity contribution < 1.29 is 9.90 Å². The minimum Gasteiger partial charge on any atom is -0.481 e. The molecule has 1 unspecified atom stereocenters. The summed E-state index contributed by atoms with van der Waals surface area (Å²) in [6.45, 7) is 5.92. The Balaban J connectivity index is 2.72. The van der Waals surface area contributed by atoms with Crippen LogP contribution in [-0.2, 0) is 11.2 Å². The molecular weight excluding hydrogens is 198 g/mol. The van der Waals surface area contributed by atoms with Gasteiger partial charge in [-0.25, -0.2) is 4.98 Å². The van der Waals surface area contributed by atoms with E-state index in [4.69, 9.17) is 5.11 Å². The van der Waals surface area contributed by atoms with Crippen LogP contribution in [0.25, 0.3) is 0 Å². The van der Waals surface area contributed by atoms with Crippen molar-refractivity contribution in [3.63, 3.8) is 0 Å². The van der Waals surface area contributed by atoms with Crippen molar-refractivity contribution in [2.45, 2.75) is 33.1 Å². The van der Waals surface area contributed by atoms with Gasteiger partial charge in [-0.05, 0) is 19.3 Å². The highest BCUT2D eigenvalue weighted by Crippen LogP contribution is 2.21. The topological polar surface area (TPSA) is 50.2 Å². The molecule has 1 aromatic heterocycles. The molecule has 0 aliphatic rings. The minimum absolute atomic E-state index is 0.485. The van der Waals surface area contributed by atoms with Crippen LogP contribution in [0.5, 0.6) is 0 Å². The maximum absolute atomic E-state index is 10.7. The molecule has 14 heavy (non-hydrogen) atoms. The van der Waals surface area contributed by atoms with Crippen molar-refractivity contribution in [2.75, 3.05) is 0 Å². The number of aliphatic carboxylic acids is 1. The van der Waals surface area contributed by atoms with Gasteiger partial charge in [0.1, 0.15) is 10.9 Å². The lowest BCUT2D eigenvalue weighted by Gasteiger charge is -2.01. The Morgan fingerprint density at radius 2 is 2.21 bits per heavy atom. The van der Waals surface area contributed by atoms with E-state index in [2.05, 4.69) is 18.8 Å². The molecule has 1 rings (SSSR count). The third kappa shape index (κ3) is 2.80. The van der Waals surface area contributed by atoms with E-state index in [1.54, 1.807) is 6.92 Å². The van der Waals surface area contributed by atoms with Crippen molar-refractivity contribution in [1.82, 2.24) is 4.98 Å². The average Bonchev–Trinajstić information content (AvgIpc) is 2.50. The largest absolute Gasteiger partial charge is 0.481 e. The smallest absolute Gasteiger partial charge is 0.313 e. The van der Waals surface area contributed by atoms with Crippen LogP contribution < -0.4 is 0 Å². The number of hydrogen-bond acceptors (Lipinski definition) is 3. The molecular formula is C10H15NO2S. The monoisotopic (exact) mass is 213 g/mol. The van der Waals surface area contributed by atoms with Crippen molar-refractivity contribution in [3.8, 4) is 0 Å². The SMILES string of the molecule is CC(C)Cc1csc(C(C)C(=O)O)n1. The van der Waals surface area contributed by atoms with Gasteiger partial charge in [-0.1, -0.05) is 13.8 Å². The number of carboxylic acid groups (broad SMARTS) is 1. The highest BCUT2D eigenvalue weighted by Gasteiger charge is 2.17. The molecule has 1 heterocycles. The normalized spacial score (nSPS) is 13.1. The summed E-state index contributed by atoms with van der Waals surface area (Å²) in [6.07, 6.45) is 0.919. The zero-order valence-electron chi connectivity index (χ0n) is 8.65. The third-order valence-corrected chi connectivity index (χ3v) is 3.00. The first-order valence-electron chi connectivity index (χ1n) is 4.67. The summed E-state index contributed by atoms with van der Waals surface area (Å²) < 4.78 is 0. The molecule has 0 fully saturated rings. The van der Waals surface area contributed by atoms with Crippen LogP contribution in [0.3, 0.4) is 0 Å². The predicted molar refractivity (Wildman–Crippen MR) is 56.7 cm³/mol. The summed E-state index contributed by atoms with van der Waals surface area (Å²) in [4.78, 5) is 15.0. The Morgan fingerprint density at radius 3 is 2.71 bits per heavy atom. The van der Waals surface area contributed by atoms with Gasteiger partial charge in [0, 0.05) is 5.38 Å². The first-order valence-corrected chi connectivity index (χ1v) is 5.55. The fourth-order valence-electron chi connectivity index (χ4n) is 1.14. The molecule has 1 aromatic rings. The van der Waals surface area contributed by atoms with Crippen LogP contribution in [-0.4, -0.2) is 16.1 Å². The van der Waals surface area contributed by atoms with Crippen molar-refractivity contribution in [3.05, 3.63) is 16.1 Å². The van der Waals surface area contributed by atoms with E-state index in [1.807, 2.05) is 5.38 Å². The summed E-state index contributed by atoms with van der Waals surface area (Å²) >= 11 is 1.44. The Labute approximate surface area is 87.8 Å². The Kier molecular flexibility index (Phi) is 3.63. The van der Waals surface area contributed by atoms with E-state index < -0.39 is 11.9 Å². The van der Waals surface area contributed by atoms with Crippen LogP contribution in [0.15, 0.2) is 5.38 Å². The van der Waals surface area contributed by atoms with Gasteiger partial charge >= 0.3 is 5.97 Å². The van der Waals surface area contributed by atoms with Crippen LogP contribution in [0.2, 0.25) is 0 Å². The Morgan fingerprint density at radius 1 is 1.57 bits per heavy atom. The van der Waals surface area contributed by atoms with Crippen LogP contribution in [0, 0.1) is 5.92 Å². The van der Waals surface area contributed by atoms with Crippen molar-refractivity contribution in [1.29, 1.82) is 0 Å². The summed E-state index contributed by atoms with van der Waals surface area (Å²) in [6, 6.07) is 0.